The van der Waals surface area contributed by atoms with Gasteiger partial charge in [0.1, 0.15) is 18.8 Å². The second-order valence-electron chi connectivity index (χ2n) is 18.5. The second kappa shape index (κ2) is 46.9. The number of aliphatic hydroxyl groups excluding tert-OH is 2. The number of rotatable bonds is 45. The summed E-state index contributed by atoms with van der Waals surface area (Å²) in [4.78, 5) is 50.9. The van der Waals surface area contributed by atoms with Crippen molar-refractivity contribution in [1.29, 1.82) is 0 Å². The van der Waals surface area contributed by atoms with Gasteiger partial charge in [-0.05, 0) is 103 Å². The summed E-state index contributed by atoms with van der Waals surface area (Å²) in [6.07, 6.45) is 47.1. The highest BCUT2D eigenvalue weighted by Crippen LogP contribution is 2.26. The van der Waals surface area contributed by atoms with E-state index in [9.17, 15) is 34.5 Å². The number of unbranched alkanes of at least 4 members (excludes halogenated alkanes) is 17. The van der Waals surface area contributed by atoms with Gasteiger partial charge in [-0.2, -0.15) is 0 Å². The first-order chi connectivity index (χ1) is 34.6. The summed E-state index contributed by atoms with van der Waals surface area (Å²) in [6, 6.07) is 0. The minimum atomic E-state index is -1.93. The molecule has 0 bridgehead atoms. The molecule has 0 radical (unpaired) electrons. The molecule has 1 saturated heterocycles. The Bertz CT molecular complexity index is 1560. The second-order valence-corrected chi connectivity index (χ2v) is 18.5. The molecule has 0 amide bonds. The minimum absolute atomic E-state index is 0.0222. The molecule has 1 rings (SSSR count). The normalized spacial score (nSPS) is 19.1. The van der Waals surface area contributed by atoms with Gasteiger partial charge in [0.05, 0.1) is 6.61 Å². The lowest BCUT2D eigenvalue weighted by atomic mass is 9.98. The molecule has 404 valence electrons. The molecule has 0 saturated carbocycles. The van der Waals surface area contributed by atoms with Crippen LogP contribution < -0.4 is 0 Å². The first kappa shape index (κ1) is 64.9. The summed E-state index contributed by atoms with van der Waals surface area (Å²) in [5, 5.41) is 31.4. The van der Waals surface area contributed by atoms with E-state index in [-0.39, 0.29) is 25.9 Å². The quantitative estimate of drug-likeness (QED) is 0.0228. The van der Waals surface area contributed by atoms with Crippen molar-refractivity contribution in [3.63, 3.8) is 0 Å². The molecule has 6 atom stereocenters. The average Bonchev–Trinajstić information content (AvgIpc) is 3.35. The van der Waals surface area contributed by atoms with E-state index < -0.39 is 67.3 Å². The van der Waals surface area contributed by atoms with Gasteiger partial charge in [0.15, 0.2) is 24.6 Å². The van der Waals surface area contributed by atoms with Gasteiger partial charge < -0.3 is 39.0 Å². The van der Waals surface area contributed by atoms with Crippen LogP contribution in [0.1, 0.15) is 213 Å². The number of allylic oxidation sites excluding steroid dienone is 14. The molecule has 12 heteroatoms. The number of carboxylic acid groups (broad SMARTS) is 1. The average molecular weight is 997 g/mol. The predicted octanol–water partition coefficient (Wildman–Crippen LogP) is 13.6. The molecule has 3 N–H and O–H groups in total. The van der Waals surface area contributed by atoms with Gasteiger partial charge in [-0.25, -0.2) is 4.79 Å². The van der Waals surface area contributed by atoms with Crippen LogP contribution in [0.4, 0.5) is 0 Å². The lowest BCUT2D eigenvalue weighted by Crippen LogP contribution is -2.61. The SMILES string of the molecule is CC/C=C\C/C=C\C/C=C\C/C=C\C/C=C\CCCC(=O)OC1C(OCC(COC(=O)CCCCCCC/C=C\CCCCCC)OC(=O)CCCCCCC/C=C\CCCC)OC(C(=O)O)C(O)C1O. The summed E-state index contributed by atoms with van der Waals surface area (Å²) < 4.78 is 28.2. The van der Waals surface area contributed by atoms with Crippen LogP contribution in [-0.4, -0.2) is 89.2 Å². The standard InChI is InChI=1S/C59H96O12/c1-4-7-10-13-16-19-22-24-25-26-27-29-32-35-38-41-44-47-53(62)70-57-55(64)54(63)56(58(65)66)71-59(57)68-49-50(69-52(61)46-43-40-37-34-30-21-18-15-12-9-6-3)48-67-51(60)45-42-39-36-33-31-28-23-20-17-14-11-8-5-2/h7,10,15-16,18-20,23-25,27,29,35,38,50,54-57,59,63-64H,4-6,8-9,11-14,17,21-22,26,28,30-34,36-37,39-49H2,1-3H3,(H,65,66)/b10-7-,18-15-,19-16-,23-20-,25-24-,29-27-,38-35-. The van der Waals surface area contributed by atoms with Crippen molar-refractivity contribution in [2.24, 2.45) is 0 Å². The number of esters is 3. The zero-order valence-electron chi connectivity index (χ0n) is 44.2. The van der Waals surface area contributed by atoms with E-state index in [0.29, 0.717) is 25.7 Å². The Kier molecular flexibility index (Phi) is 42.9. The molecule has 0 aliphatic carbocycles. The molecule has 12 nitrogen and oxygen atoms in total. The Hall–Kier alpha value is -4.10. The van der Waals surface area contributed by atoms with Gasteiger partial charge in [-0.15, -0.1) is 0 Å². The van der Waals surface area contributed by atoms with Crippen LogP contribution in [-0.2, 0) is 42.9 Å². The summed E-state index contributed by atoms with van der Waals surface area (Å²) >= 11 is 0. The minimum Gasteiger partial charge on any atom is -0.479 e. The molecule has 0 aromatic heterocycles. The van der Waals surface area contributed by atoms with Gasteiger partial charge in [0.25, 0.3) is 0 Å². The van der Waals surface area contributed by atoms with E-state index in [2.05, 4.69) is 93.7 Å². The Labute approximate surface area is 429 Å². The molecule has 0 aromatic carbocycles. The number of ether oxygens (including phenoxy) is 5. The van der Waals surface area contributed by atoms with Crippen molar-refractivity contribution in [3.8, 4) is 0 Å². The van der Waals surface area contributed by atoms with Crippen molar-refractivity contribution in [2.75, 3.05) is 13.2 Å². The molecule has 1 heterocycles. The molecule has 0 aromatic rings. The van der Waals surface area contributed by atoms with E-state index in [1.54, 1.807) is 0 Å². The van der Waals surface area contributed by atoms with Crippen molar-refractivity contribution in [1.82, 2.24) is 0 Å². The highest BCUT2D eigenvalue weighted by molar-refractivity contribution is 5.74. The molecular formula is C59H96O12. The first-order valence-corrected chi connectivity index (χ1v) is 27.6. The highest BCUT2D eigenvalue weighted by Gasteiger charge is 2.50. The van der Waals surface area contributed by atoms with E-state index >= 15 is 0 Å². The summed E-state index contributed by atoms with van der Waals surface area (Å²) in [7, 11) is 0. The Morgan fingerprint density at radius 3 is 1.45 bits per heavy atom. The van der Waals surface area contributed by atoms with Crippen molar-refractivity contribution in [2.45, 2.75) is 250 Å². The van der Waals surface area contributed by atoms with E-state index in [0.717, 1.165) is 109 Å². The van der Waals surface area contributed by atoms with E-state index in [1.807, 2.05) is 12.2 Å². The number of aliphatic hydroxyl groups is 2. The first-order valence-electron chi connectivity index (χ1n) is 27.6. The predicted molar refractivity (Wildman–Crippen MR) is 284 cm³/mol. The molecule has 71 heavy (non-hydrogen) atoms. The van der Waals surface area contributed by atoms with Crippen molar-refractivity contribution >= 4 is 23.9 Å². The lowest BCUT2D eigenvalue weighted by molar-refractivity contribution is -0.301. The van der Waals surface area contributed by atoms with Gasteiger partial charge in [-0.1, -0.05) is 176 Å². The molecular weight excluding hydrogens is 901 g/mol. The van der Waals surface area contributed by atoms with Gasteiger partial charge in [0, 0.05) is 19.3 Å². The summed E-state index contributed by atoms with van der Waals surface area (Å²) in [6.45, 7) is 5.76. The lowest BCUT2D eigenvalue weighted by Gasteiger charge is -2.40. The number of aliphatic carboxylic acids is 1. The Morgan fingerprint density at radius 2 is 0.915 bits per heavy atom. The zero-order valence-corrected chi connectivity index (χ0v) is 44.2. The molecule has 1 fully saturated rings. The third kappa shape index (κ3) is 37.3. The topological polar surface area (TPSA) is 175 Å². The number of hydrogen-bond acceptors (Lipinski definition) is 11. The van der Waals surface area contributed by atoms with Gasteiger partial charge in [0.2, 0.25) is 0 Å². The Balaban J connectivity index is 2.75. The maximum Gasteiger partial charge on any atom is 0.335 e. The fraction of sp³-hybridized carbons (Fsp3) is 0.695. The summed E-state index contributed by atoms with van der Waals surface area (Å²) in [5.74, 6) is -3.23. The molecule has 0 spiro atoms. The van der Waals surface area contributed by atoms with E-state index in [4.69, 9.17) is 23.7 Å². The van der Waals surface area contributed by atoms with Crippen LogP contribution in [0.5, 0.6) is 0 Å². The van der Waals surface area contributed by atoms with Gasteiger partial charge in [-0.3, -0.25) is 14.4 Å². The summed E-state index contributed by atoms with van der Waals surface area (Å²) in [5.41, 5.74) is 0. The highest BCUT2D eigenvalue weighted by atomic mass is 16.7. The van der Waals surface area contributed by atoms with Crippen LogP contribution in [0.2, 0.25) is 0 Å². The van der Waals surface area contributed by atoms with Crippen LogP contribution in [0, 0.1) is 0 Å². The van der Waals surface area contributed by atoms with Crippen molar-refractivity contribution in [3.05, 3.63) is 85.1 Å². The fourth-order valence-corrected chi connectivity index (χ4v) is 7.67. The smallest absolute Gasteiger partial charge is 0.335 e. The fourth-order valence-electron chi connectivity index (χ4n) is 7.67. The number of carbonyl (C=O) groups is 4. The molecule has 1 aliphatic heterocycles. The molecule has 1 aliphatic rings. The number of hydrogen-bond donors (Lipinski definition) is 3. The third-order valence-electron chi connectivity index (χ3n) is 11.9. The molecule has 6 unspecified atom stereocenters. The van der Waals surface area contributed by atoms with Crippen LogP contribution in [0.3, 0.4) is 0 Å². The largest absolute Gasteiger partial charge is 0.479 e. The van der Waals surface area contributed by atoms with E-state index in [1.165, 1.54) is 38.5 Å². The van der Waals surface area contributed by atoms with Crippen LogP contribution in [0.25, 0.3) is 0 Å². The maximum atomic E-state index is 13.1. The Morgan fingerprint density at radius 1 is 0.479 bits per heavy atom. The maximum absolute atomic E-state index is 13.1. The van der Waals surface area contributed by atoms with Crippen LogP contribution in [0.15, 0.2) is 85.1 Å². The van der Waals surface area contributed by atoms with Gasteiger partial charge >= 0.3 is 23.9 Å². The monoisotopic (exact) mass is 997 g/mol. The number of carboxylic acids is 1. The number of carbonyl (C=O) groups excluding carboxylic acids is 3. The van der Waals surface area contributed by atoms with Crippen molar-refractivity contribution < 1.29 is 58.2 Å². The van der Waals surface area contributed by atoms with Crippen LogP contribution >= 0.6 is 0 Å². The third-order valence-corrected chi connectivity index (χ3v) is 11.9. The zero-order chi connectivity index (χ0) is 51.8.